The quantitative estimate of drug-likeness (QED) is 0.870. The first-order chi connectivity index (χ1) is 9.03. The van der Waals surface area contributed by atoms with E-state index in [-0.39, 0.29) is 0 Å². The van der Waals surface area contributed by atoms with Crippen molar-refractivity contribution in [1.82, 2.24) is 19.9 Å². The molecule has 0 bridgehead atoms. The summed E-state index contributed by atoms with van der Waals surface area (Å²) in [5.74, 6) is 0.721. The number of nitrogens with zero attached hydrogens (tertiary/aromatic N) is 3. The van der Waals surface area contributed by atoms with Gasteiger partial charge in [0.1, 0.15) is 5.52 Å². The summed E-state index contributed by atoms with van der Waals surface area (Å²) in [4.78, 5) is 16.3. The van der Waals surface area contributed by atoms with Crippen LogP contribution in [0, 0.1) is 12.3 Å². The Morgan fingerprint density at radius 3 is 2.74 bits per heavy atom. The van der Waals surface area contributed by atoms with E-state index < -0.39 is 0 Å². The normalized spacial score (nSPS) is 19.7. The summed E-state index contributed by atoms with van der Waals surface area (Å²) in [6, 6.07) is 0.493. The molecule has 0 saturated heterocycles. The van der Waals surface area contributed by atoms with Crippen LogP contribution in [0.5, 0.6) is 0 Å². The summed E-state index contributed by atoms with van der Waals surface area (Å²) >= 11 is 0. The zero-order valence-electron chi connectivity index (χ0n) is 11.8. The number of rotatable bonds is 2. The van der Waals surface area contributed by atoms with Crippen molar-refractivity contribution in [2.24, 2.45) is 5.41 Å². The maximum Gasteiger partial charge on any atom is 0.225 e. The zero-order chi connectivity index (χ0) is 13.5. The molecule has 102 valence electrons. The Morgan fingerprint density at radius 2 is 2.00 bits per heavy atom. The molecule has 0 radical (unpaired) electrons. The first kappa shape index (κ1) is 12.4. The lowest BCUT2D eigenvalue weighted by atomic mass is 9.76. The summed E-state index contributed by atoms with van der Waals surface area (Å²) in [5, 5.41) is 3.47. The fraction of sp³-hybridized carbons (Fsp3) is 0.643. The molecule has 3 rings (SSSR count). The highest BCUT2D eigenvalue weighted by atomic mass is 15.1. The summed E-state index contributed by atoms with van der Waals surface area (Å²) in [6.45, 7) is 6.67. The Hall–Kier alpha value is -1.65. The average Bonchev–Trinajstić information content (AvgIpc) is 2.81. The SMILES string of the molecule is Cc1nc(NC2CCC(C)(C)CC2)nc2[nH]cnc12. The third kappa shape index (κ3) is 2.55. The Balaban J connectivity index is 1.75. The van der Waals surface area contributed by atoms with Gasteiger partial charge in [0.15, 0.2) is 5.65 Å². The van der Waals surface area contributed by atoms with Crippen molar-refractivity contribution in [3.05, 3.63) is 12.0 Å². The van der Waals surface area contributed by atoms with Gasteiger partial charge in [0.05, 0.1) is 12.0 Å². The van der Waals surface area contributed by atoms with Crippen LogP contribution in [0.2, 0.25) is 0 Å². The Bertz CT molecular complexity index is 577. The lowest BCUT2D eigenvalue weighted by Gasteiger charge is -2.34. The average molecular weight is 259 g/mol. The molecule has 0 spiro atoms. The number of aromatic nitrogens is 4. The largest absolute Gasteiger partial charge is 0.351 e. The number of hydrogen-bond acceptors (Lipinski definition) is 4. The molecule has 5 nitrogen and oxygen atoms in total. The van der Waals surface area contributed by atoms with E-state index in [0.29, 0.717) is 11.5 Å². The van der Waals surface area contributed by atoms with Crippen LogP contribution in [-0.4, -0.2) is 26.0 Å². The second-order valence-electron chi connectivity index (χ2n) is 6.32. The van der Waals surface area contributed by atoms with Crippen LogP contribution < -0.4 is 5.32 Å². The van der Waals surface area contributed by atoms with Gasteiger partial charge in [-0.1, -0.05) is 13.8 Å². The summed E-state index contributed by atoms with van der Waals surface area (Å²) in [7, 11) is 0. The van der Waals surface area contributed by atoms with Crippen LogP contribution in [0.15, 0.2) is 6.33 Å². The standard InChI is InChI=1S/C14H21N5/c1-9-11-12(16-8-15-11)19-13(17-9)18-10-4-6-14(2,3)7-5-10/h8,10H,4-7H2,1-3H3,(H2,15,16,17,18,19). The van der Waals surface area contributed by atoms with Crippen LogP contribution in [0.25, 0.3) is 11.2 Å². The lowest BCUT2D eigenvalue weighted by Crippen LogP contribution is -2.30. The maximum atomic E-state index is 4.50. The van der Waals surface area contributed by atoms with E-state index >= 15 is 0 Å². The highest BCUT2D eigenvalue weighted by Crippen LogP contribution is 2.35. The molecule has 0 atom stereocenters. The number of fused-ring (bicyclic) bond motifs is 1. The van der Waals surface area contributed by atoms with Crippen LogP contribution in [0.4, 0.5) is 5.95 Å². The third-order valence-corrected chi connectivity index (χ3v) is 4.13. The number of anilines is 1. The summed E-state index contributed by atoms with van der Waals surface area (Å²) < 4.78 is 0. The second kappa shape index (κ2) is 4.47. The van der Waals surface area contributed by atoms with Gasteiger partial charge in [0, 0.05) is 6.04 Å². The molecule has 0 aromatic carbocycles. The van der Waals surface area contributed by atoms with Crippen LogP contribution in [-0.2, 0) is 0 Å². The Labute approximate surface area is 113 Å². The van der Waals surface area contributed by atoms with E-state index in [4.69, 9.17) is 0 Å². The fourth-order valence-corrected chi connectivity index (χ4v) is 2.77. The van der Waals surface area contributed by atoms with E-state index in [0.717, 1.165) is 22.8 Å². The fourth-order valence-electron chi connectivity index (χ4n) is 2.77. The van der Waals surface area contributed by atoms with Gasteiger partial charge in [-0.15, -0.1) is 0 Å². The zero-order valence-corrected chi connectivity index (χ0v) is 11.8. The number of aryl methyl sites for hydroxylation is 1. The molecule has 2 aromatic rings. The van der Waals surface area contributed by atoms with E-state index in [9.17, 15) is 0 Å². The van der Waals surface area contributed by atoms with Crippen molar-refractivity contribution in [3.63, 3.8) is 0 Å². The summed E-state index contributed by atoms with van der Waals surface area (Å²) in [5.41, 5.74) is 3.08. The number of imidazole rings is 1. The van der Waals surface area contributed by atoms with Gasteiger partial charge in [-0.05, 0) is 38.0 Å². The molecule has 2 heterocycles. The number of aromatic amines is 1. The van der Waals surface area contributed by atoms with Gasteiger partial charge in [-0.25, -0.2) is 9.97 Å². The van der Waals surface area contributed by atoms with E-state index in [1.165, 1.54) is 25.7 Å². The van der Waals surface area contributed by atoms with Crippen molar-refractivity contribution in [1.29, 1.82) is 0 Å². The van der Waals surface area contributed by atoms with Gasteiger partial charge in [-0.2, -0.15) is 4.98 Å². The molecule has 0 unspecified atom stereocenters. The first-order valence-corrected chi connectivity index (χ1v) is 6.98. The minimum atomic E-state index is 0.488. The first-order valence-electron chi connectivity index (χ1n) is 6.98. The summed E-state index contributed by atoms with van der Waals surface area (Å²) in [6.07, 6.45) is 6.57. The molecule has 19 heavy (non-hydrogen) atoms. The van der Waals surface area contributed by atoms with Crippen molar-refractivity contribution >= 4 is 17.1 Å². The van der Waals surface area contributed by atoms with Gasteiger partial charge in [-0.3, -0.25) is 0 Å². The van der Waals surface area contributed by atoms with Gasteiger partial charge < -0.3 is 10.3 Å². The van der Waals surface area contributed by atoms with E-state index in [2.05, 4.69) is 39.1 Å². The minimum Gasteiger partial charge on any atom is -0.351 e. The second-order valence-corrected chi connectivity index (χ2v) is 6.32. The highest BCUT2D eigenvalue weighted by molar-refractivity contribution is 5.73. The molecule has 1 aliphatic carbocycles. The molecule has 1 aliphatic rings. The van der Waals surface area contributed by atoms with Crippen LogP contribution >= 0.6 is 0 Å². The van der Waals surface area contributed by atoms with Crippen molar-refractivity contribution < 1.29 is 0 Å². The van der Waals surface area contributed by atoms with E-state index in [1.807, 2.05) is 6.92 Å². The Kier molecular flexibility index (Phi) is 2.92. The molecule has 2 aromatic heterocycles. The molecular formula is C14H21N5. The number of nitrogens with one attached hydrogen (secondary N) is 2. The lowest BCUT2D eigenvalue weighted by molar-refractivity contribution is 0.232. The van der Waals surface area contributed by atoms with Crippen molar-refractivity contribution in [2.75, 3.05) is 5.32 Å². The molecular weight excluding hydrogens is 238 g/mol. The van der Waals surface area contributed by atoms with E-state index in [1.54, 1.807) is 6.33 Å². The predicted molar refractivity (Wildman–Crippen MR) is 76.1 cm³/mol. The van der Waals surface area contributed by atoms with Gasteiger partial charge in [0.25, 0.3) is 0 Å². The molecule has 5 heteroatoms. The number of H-pyrrole nitrogens is 1. The number of hydrogen-bond donors (Lipinski definition) is 2. The maximum absolute atomic E-state index is 4.50. The smallest absolute Gasteiger partial charge is 0.225 e. The van der Waals surface area contributed by atoms with Gasteiger partial charge in [0.2, 0.25) is 5.95 Å². The van der Waals surface area contributed by atoms with Crippen molar-refractivity contribution in [2.45, 2.75) is 52.5 Å². The highest BCUT2D eigenvalue weighted by Gasteiger charge is 2.27. The third-order valence-electron chi connectivity index (χ3n) is 4.13. The Morgan fingerprint density at radius 1 is 1.26 bits per heavy atom. The predicted octanol–water partition coefficient (Wildman–Crippen LogP) is 3.04. The minimum absolute atomic E-state index is 0.488. The van der Waals surface area contributed by atoms with Crippen molar-refractivity contribution in [3.8, 4) is 0 Å². The van der Waals surface area contributed by atoms with Gasteiger partial charge >= 0.3 is 0 Å². The molecule has 0 amide bonds. The molecule has 1 saturated carbocycles. The van der Waals surface area contributed by atoms with Crippen LogP contribution in [0.1, 0.15) is 45.2 Å². The van der Waals surface area contributed by atoms with Crippen LogP contribution in [0.3, 0.4) is 0 Å². The molecule has 2 N–H and O–H groups in total. The molecule has 0 aliphatic heterocycles. The monoisotopic (exact) mass is 259 g/mol. The molecule has 1 fully saturated rings. The topological polar surface area (TPSA) is 66.5 Å².